The first-order valence-corrected chi connectivity index (χ1v) is 9.70. The lowest BCUT2D eigenvalue weighted by atomic mass is 9.98. The van der Waals surface area contributed by atoms with Gasteiger partial charge in [0, 0.05) is 47.3 Å². The van der Waals surface area contributed by atoms with Crippen molar-refractivity contribution in [3.05, 3.63) is 55.7 Å². The first-order chi connectivity index (χ1) is 12.5. The lowest BCUT2D eigenvalue weighted by molar-refractivity contribution is -0.117. The molecule has 5 nitrogen and oxygen atoms in total. The summed E-state index contributed by atoms with van der Waals surface area (Å²) in [7, 11) is 0. The third kappa shape index (κ3) is 5.30. The van der Waals surface area contributed by atoms with Gasteiger partial charge in [-0.05, 0) is 29.7 Å². The van der Waals surface area contributed by atoms with Gasteiger partial charge in [0.2, 0.25) is 5.91 Å². The maximum absolute atomic E-state index is 12.5. The maximum Gasteiger partial charge on any atom is 0.250 e. The number of β-amino-alcohol motifs (C(OH)–C–C–N with tert-alkyl or cyclic N) is 1. The van der Waals surface area contributed by atoms with Crippen LogP contribution < -0.4 is 5.73 Å². The average molecular weight is 429 g/mol. The summed E-state index contributed by atoms with van der Waals surface area (Å²) in [5.74, 6) is -0.423. The van der Waals surface area contributed by atoms with Crippen molar-refractivity contribution in [1.29, 1.82) is 0 Å². The molecule has 0 atom stereocenters. The van der Waals surface area contributed by atoms with E-state index in [9.17, 15) is 9.59 Å². The topological polar surface area (TPSA) is 83.6 Å². The van der Waals surface area contributed by atoms with Crippen molar-refractivity contribution in [3.8, 4) is 0 Å². The van der Waals surface area contributed by atoms with Crippen LogP contribution in [0.2, 0.25) is 5.02 Å². The molecule has 0 fully saturated rings. The Kier molecular flexibility index (Phi) is 7.82. The van der Waals surface area contributed by atoms with E-state index in [2.05, 4.69) is 4.90 Å². The predicted octanol–water partition coefficient (Wildman–Crippen LogP) is 2.63. The normalized spacial score (nSPS) is 13.7. The first-order valence-electron chi connectivity index (χ1n) is 8.50. The van der Waals surface area contributed by atoms with Crippen molar-refractivity contribution in [2.24, 2.45) is 5.73 Å². The number of carbonyl (C=O) groups excluding carboxylic acids is 2. The summed E-state index contributed by atoms with van der Waals surface area (Å²) in [6.07, 6.45) is 1.22. The molecule has 1 amide bonds. The number of carbonyl (C=O) groups is 2. The number of nitrogens with two attached hydrogens (primary N) is 1. The zero-order chi connectivity index (χ0) is 18.7. The molecular weight excluding hydrogens is 407 g/mol. The van der Waals surface area contributed by atoms with E-state index < -0.39 is 5.91 Å². The highest BCUT2D eigenvalue weighted by Gasteiger charge is 2.27. The van der Waals surface area contributed by atoms with Crippen LogP contribution in [0, 0.1) is 0 Å². The standard InChI is InChI=1S/C19H21ClN2O3S.ClH/c20-13-3-1-12(2-4-13)9-14(24)10-16-18(19(21)25)15-5-6-22(7-8-23)11-17(15)26-16;/h1-4,23H,5-11H2,(H2,21,25);1H. The van der Waals surface area contributed by atoms with Gasteiger partial charge in [0.05, 0.1) is 12.2 Å². The molecule has 27 heavy (non-hydrogen) atoms. The summed E-state index contributed by atoms with van der Waals surface area (Å²) >= 11 is 7.37. The van der Waals surface area contributed by atoms with E-state index in [1.165, 1.54) is 11.3 Å². The zero-order valence-electron chi connectivity index (χ0n) is 14.7. The lowest BCUT2D eigenvalue weighted by Crippen LogP contribution is -2.32. The summed E-state index contributed by atoms with van der Waals surface area (Å²) in [5.41, 5.74) is 8.01. The fraction of sp³-hybridized carbons (Fsp3) is 0.368. The Labute approximate surface area is 173 Å². The van der Waals surface area contributed by atoms with Crippen molar-refractivity contribution >= 4 is 47.0 Å². The molecule has 3 N–H and O–H groups in total. The maximum atomic E-state index is 12.5. The number of Topliss-reactive ketones (excluding diaryl/α,β-unsaturated/α-hetero) is 1. The van der Waals surface area contributed by atoms with E-state index in [-0.39, 0.29) is 31.2 Å². The number of nitrogens with zero attached hydrogens (tertiary/aromatic N) is 1. The van der Waals surface area contributed by atoms with E-state index in [4.69, 9.17) is 22.4 Å². The largest absolute Gasteiger partial charge is 0.395 e. The Morgan fingerprint density at radius 2 is 1.93 bits per heavy atom. The quantitative estimate of drug-likeness (QED) is 0.709. The van der Waals surface area contributed by atoms with Crippen LogP contribution in [-0.4, -0.2) is 41.4 Å². The third-order valence-electron chi connectivity index (χ3n) is 4.54. The second-order valence-electron chi connectivity index (χ2n) is 6.43. The molecule has 146 valence electrons. The van der Waals surface area contributed by atoms with Gasteiger partial charge in [0.15, 0.2) is 0 Å². The van der Waals surface area contributed by atoms with E-state index in [1.54, 1.807) is 12.1 Å². The Morgan fingerprint density at radius 1 is 1.22 bits per heavy atom. The molecule has 1 aromatic heterocycles. The number of thiophene rings is 1. The molecule has 1 aromatic carbocycles. The molecule has 1 aliphatic heterocycles. The van der Waals surface area contributed by atoms with Gasteiger partial charge in [-0.25, -0.2) is 0 Å². The number of amides is 1. The summed E-state index contributed by atoms with van der Waals surface area (Å²) in [4.78, 5) is 28.5. The molecule has 1 aliphatic rings. The number of benzene rings is 1. The molecule has 0 bridgehead atoms. The molecular formula is C19H22Cl2N2O3S. The number of ketones is 1. The summed E-state index contributed by atoms with van der Waals surface area (Å²) in [5, 5.41) is 9.76. The lowest BCUT2D eigenvalue weighted by Gasteiger charge is -2.26. The van der Waals surface area contributed by atoms with Crippen molar-refractivity contribution in [1.82, 2.24) is 4.90 Å². The number of hydrogen-bond acceptors (Lipinski definition) is 5. The number of hydrogen-bond donors (Lipinski definition) is 2. The molecule has 0 saturated carbocycles. The molecule has 0 radical (unpaired) electrons. The van der Waals surface area contributed by atoms with Gasteiger partial charge < -0.3 is 10.8 Å². The SMILES string of the molecule is Cl.NC(=O)c1c(CC(=O)Cc2ccc(Cl)cc2)sc2c1CCN(CCO)C2. The number of halogens is 2. The summed E-state index contributed by atoms with van der Waals surface area (Å²) in [6.45, 7) is 2.18. The first kappa shape index (κ1) is 21.9. The Bertz CT molecular complexity index is 821. The molecule has 2 heterocycles. The van der Waals surface area contributed by atoms with E-state index >= 15 is 0 Å². The van der Waals surface area contributed by atoms with Crippen molar-refractivity contribution < 1.29 is 14.7 Å². The van der Waals surface area contributed by atoms with Crippen LogP contribution in [0.1, 0.15) is 31.2 Å². The fourth-order valence-corrected chi connectivity index (χ4v) is 4.88. The molecule has 0 aliphatic carbocycles. The van der Waals surface area contributed by atoms with Crippen LogP contribution >= 0.6 is 35.3 Å². The minimum absolute atomic E-state index is 0. The number of fused-ring (bicyclic) bond motifs is 1. The average Bonchev–Trinajstić information content (AvgIpc) is 2.94. The number of rotatable bonds is 7. The van der Waals surface area contributed by atoms with Gasteiger partial charge in [0.1, 0.15) is 5.78 Å². The van der Waals surface area contributed by atoms with Crippen molar-refractivity contribution in [2.75, 3.05) is 19.7 Å². The van der Waals surface area contributed by atoms with Crippen LogP contribution in [0.3, 0.4) is 0 Å². The van der Waals surface area contributed by atoms with Gasteiger partial charge in [-0.15, -0.1) is 23.7 Å². The Morgan fingerprint density at radius 3 is 2.56 bits per heavy atom. The number of primary amides is 1. The van der Waals surface area contributed by atoms with Gasteiger partial charge in [0.25, 0.3) is 0 Å². The van der Waals surface area contributed by atoms with E-state index in [0.29, 0.717) is 30.1 Å². The minimum Gasteiger partial charge on any atom is -0.395 e. The molecule has 2 aromatic rings. The fourth-order valence-electron chi connectivity index (χ4n) is 3.33. The molecule has 0 spiro atoms. The van der Waals surface area contributed by atoms with E-state index in [1.807, 2.05) is 12.1 Å². The van der Waals surface area contributed by atoms with E-state index in [0.717, 1.165) is 33.8 Å². The summed E-state index contributed by atoms with van der Waals surface area (Å²) in [6, 6.07) is 7.19. The summed E-state index contributed by atoms with van der Waals surface area (Å²) < 4.78 is 0. The number of aliphatic hydroxyl groups excluding tert-OH is 1. The van der Waals surface area contributed by atoms with Crippen LogP contribution in [0.15, 0.2) is 24.3 Å². The van der Waals surface area contributed by atoms with Crippen LogP contribution in [-0.2, 0) is 30.6 Å². The molecule has 0 unspecified atom stereocenters. The minimum atomic E-state index is -0.465. The highest BCUT2D eigenvalue weighted by atomic mass is 35.5. The molecule has 0 saturated heterocycles. The Balaban J connectivity index is 0.00000261. The van der Waals surface area contributed by atoms with Gasteiger partial charge in [-0.2, -0.15) is 0 Å². The van der Waals surface area contributed by atoms with Gasteiger partial charge in [-0.1, -0.05) is 23.7 Å². The van der Waals surface area contributed by atoms with Crippen molar-refractivity contribution in [3.63, 3.8) is 0 Å². The van der Waals surface area contributed by atoms with Crippen LogP contribution in [0.4, 0.5) is 0 Å². The second-order valence-corrected chi connectivity index (χ2v) is 8.06. The number of aliphatic hydroxyl groups is 1. The highest BCUT2D eigenvalue weighted by Crippen LogP contribution is 2.33. The third-order valence-corrected chi connectivity index (χ3v) is 6.01. The highest BCUT2D eigenvalue weighted by molar-refractivity contribution is 7.12. The monoisotopic (exact) mass is 428 g/mol. The Hall–Kier alpha value is -1.44. The predicted molar refractivity (Wildman–Crippen MR) is 110 cm³/mol. The second kappa shape index (κ2) is 9.66. The van der Waals surface area contributed by atoms with Crippen LogP contribution in [0.25, 0.3) is 0 Å². The van der Waals surface area contributed by atoms with Crippen LogP contribution in [0.5, 0.6) is 0 Å². The van der Waals surface area contributed by atoms with Gasteiger partial charge in [-0.3, -0.25) is 14.5 Å². The molecule has 8 heteroatoms. The zero-order valence-corrected chi connectivity index (χ0v) is 17.1. The van der Waals surface area contributed by atoms with Crippen molar-refractivity contribution in [2.45, 2.75) is 25.8 Å². The molecule has 3 rings (SSSR count). The smallest absolute Gasteiger partial charge is 0.250 e. The van der Waals surface area contributed by atoms with Gasteiger partial charge >= 0.3 is 0 Å².